The highest BCUT2D eigenvalue weighted by molar-refractivity contribution is 7.99. The minimum absolute atomic E-state index is 0.759. The molecule has 0 aliphatic carbocycles. The number of aryl methyl sites for hydroxylation is 3. The van der Waals surface area contributed by atoms with Gasteiger partial charge in [-0.1, -0.05) is 37.2 Å². The molecular formula is C18H25N5S. The van der Waals surface area contributed by atoms with Crippen molar-refractivity contribution < 1.29 is 0 Å². The quantitative estimate of drug-likeness (QED) is 0.640. The second kappa shape index (κ2) is 7.07. The van der Waals surface area contributed by atoms with Crippen LogP contribution in [-0.4, -0.2) is 50.0 Å². The first-order valence-corrected chi connectivity index (χ1v) is 9.48. The third kappa shape index (κ3) is 3.13. The Balaban J connectivity index is 1.92. The highest BCUT2D eigenvalue weighted by atomic mass is 32.2. The predicted octanol–water partition coefficient (Wildman–Crippen LogP) is 3.57. The van der Waals surface area contributed by atoms with Crippen LogP contribution < -0.4 is 0 Å². The van der Waals surface area contributed by atoms with Crippen molar-refractivity contribution in [3.63, 3.8) is 0 Å². The summed E-state index contributed by atoms with van der Waals surface area (Å²) in [6.07, 6.45) is 0. The first-order chi connectivity index (χ1) is 11.5. The summed E-state index contributed by atoms with van der Waals surface area (Å²) in [7, 11) is 2.06. The molecule has 2 heterocycles. The number of hydrogen-bond donors (Lipinski definition) is 0. The number of fused-ring (bicyclic) bond motifs is 3. The van der Waals surface area contributed by atoms with Crippen molar-refractivity contribution in [1.82, 2.24) is 24.6 Å². The van der Waals surface area contributed by atoms with Crippen molar-refractivity contribution in [2.45, 2.75) is 32.9 Å². The number of nitrogens with zero attached hydrogens (tertiary/aromatic N) is 5. The summed E-state index contributed by atoms with van der Waals surface area (Å²) in [5.41, 5.74) is 5.50. The van der Waals surface area contributed by atoms with Gasteiger partial charge in [-0.15, -0.1) is 10.2 Å². The van der Waals surface area contributed by atoms with E-state index in [1.165, 1.54) is 16.6 Å². The Morgan fingerprint density at radius 2 is 1.88 bits per heavy atom. The molecule has 24 heavy (non-hydrogen) atoms. The van der Waals surface area contributed by atoms with Crippen molar-refractivity contribution in [3.8, 4) is 0 Å². The predicted molar refractivity (Wildman–Crippen MR) is 102 cm³/mol. The summed E-state index contributed by atoms with van der Waals surface area (Å²) < 4.78 is 2.14. The van der Waals surface area contributed by atoms with Crippen molar-refractivity contribution in [2.75, 3.05) is 25.4 Å². The molecule has 128 valence electrons. The van der Waals surface area contributed by atoms with Gasteiger partial charge in [0.2, 0.25) is 5.16 Å². The fourth-order valence-corrected chi connectivity index (χ4v) is 4.05. The molecule has 0 atom stereocenters. The molecule has 0 N–H and O–H groups in total. The highest BCUT2D eigenvalue weighted by Crippen LogP contribution is 2.29. The van der Waals surface area contributed by atoms with Gasteiger partial charge in [-0.25, -0.2) is 4.98 Å². The van der Waals surface area contributed by atoms with Crippen LogP contribution in [0.3, 0.4) is 0 Å². The molecular weight excluding hydrogens is 318 g/mol. The van der Waals surface area contributed by atoms with E-state index in [4.69, 9.17) is 4.98 Å². The van der Waals surface area contributed by atoms with E-state index < -0.39 is 0 Å². The summed E-state index contributed by atoms with van der Waals surface area (Å²) in [5.74, 6) is 0.983. The minimum Gasteiger partial charge on any atom is -0.327 e. The first-order valence-electron chi connectivity index (χ1n) is 8.50. The molecule has 0 unspecified atom stereocenters. The molecule has 3 rings (SSSR count). The van der Waals surface area contributed by atoms with Crippen LogP contribution in [0.4, 0.5) is 0 Å². The van der Waals surface area contributed by atoms with Crippen molar-refractivity contribution in [1.29, 1.82) is 0 Å². The fraction of sp³-hybridized carbons (Fsp3) is 0.500. The molecule has 5 nitrogen and oxygen atoms in total. The second-order valence-electron chi connectivity index (χ2n) is 6.18. The van der Waals surface area contributed by atoms with Gasteiger partial charge < -0.3 is 9.47 Å². The summed E-state index contributed by atoms with van der Waals surface area (Å²) in [5, 5.41) is 10.7. The van der Waals surface area contributed by atoms with Gasteiger partial charge in [0.15, 0.2) is 5.65 Å². The molecule has 0 radical (unpaired) electrons. The zero-order valence-electron chi connectivity index (χ0n) is 15.1. The van der Waals surface area contributed by atoms with E-state index in [1.54, 1.807) is 11.8 Å². The monoisotopic (exact) mass is 343 g/mol. The smallest absolute Gasteiger partial charge is 0.211 e. The van der Waals surface area contributed by atoms with E-state index in [1.807, 2.05) is 0 Å². The average molecular weight is 344 g/mol. The van der Waals surface area contributed by atoms with E-state index in [-0.39, 0.29) is 0 Å². The normalized spacial score (nSPS) is 11.9. The molecule has 0 saturated carbocycles. The zero-order valence-corrected chi connectivity index (χ0v) is 15.9. The van der Waals surface area contributed by atoms with Crippen LogP contribution >= 0.6 is 11.8 Å². The molecule has 0 aliphatic rings. The standard InChI is InChI=1S/C18H25N5S/c1-6-23(7-2)8-9-24-18-19-17-15(20-21-18)14-11-12(3)10-13(4)16(14)22(17)5/h10-11H,6-9H2,1-5H3. The Kier molecular flexibility index (Phi) is 5.06. The average Bonchev–Trinajstić information content (AvgIpc) is 2.84. The zero-order chi connectivity index (χ0) is 17.3. The number of thioether (sulfide) groups is 1. The maximum Gasteiger partial charge on any atom is 0.211 e. The van der Waals surface area contributed by atoms with Gasteiger partial charge in [0.05, 0.1) is 5.52 Å². The van der Waals surface area contributed by atoms with Crippen LogP contribution in [0.2, 0.25) is 0 Å². The lowest BCUT2D eigenvalue weighted by Crippen LogP contribution is -2.25. The summed E-state index contributed by atoms with van der Waals surface area (Å²) in [6.45, 7) is 11.8. The van der Waals surface area contributed by atoms with E-state index in [0.717, 1.165) is 47.1 Å². The third-order valence-electron chi connectivity index (χ3n) is 4.54. The van der Waals surface area contributed by atoms with Crippen LogP contribution in [0.1, 0.15) is 25.0 Å². The number of hydrogen-bond acceptors (Lipinski definition) is 5. The summed E-state index contributed by atoms with van der Waals surface area (Å²) >= 11 is 1.68. The lowest BCUT2D eigenvalue weighted by molar-refractivity contribution is 0.324. The fourth-order valence-electron chi connectivity index (χ4n) is 3.27. The molecule has 0 saturated heterocycles. The number of benzene rings is 1. The maximum absolute atomic E-state index is 4.77. The Morgan fingerprint density at radius 3 is 2.58 bits per heavy atom. The first kappa shape index (κ1) is 17.2. The minimum atomic E-state index is 0.759. The van der Waals surface area contributed by atoms with E-state index >= 15 is 0 Å². The lowest BCUT2D eigenvalue weighted by atomic mass is 10.1. The second-order valence-corrected chi connectivity index (χ2v) is 7.24. The topological polar surface area (TPSA) is 46.8 Å². The largest absolute Gasteiger partial charge is 0.327 e. The summed E-state index contributed by atoms with van der Waals surface area (Å²) in [6, 6.07) is 4.38. The molecule has 6 heteroatoms. The van der Waals surface area contributed by atoms with Gasteiger partial charge in [0.1, 0.15) is 5.52 Å². The Labute approximate surface area is 147 Å². The highest BCUT2D eigenvalue weighted by Gasteiger charge is 2.15. The maximum atomic E-state index is 4.77. The van der Waals surface area contributed by atoms with Gasteiger partial charge in [-0.05, 0) is 38.6 Å². The van der Waals surface area contributed by atoms with Gasteiger partial charge in [-0.2, -0.15) is 0 Å². The number of rotatable bonds is 6. The van der Waals surface area contributed by atoms with Crippen LogP contribution in [0, 0.1) is 13.8 Å². The van der Waals surface area contributed by atoms with Crippen LogP contribution in [0.15, 0.2) is 17.3 Å². The Bertz CT molecular complexity index is 867. The lowest BCUT2D eigenvalue weighted by Gasteiger charge is -2.16. The molecule has 3 aromatic rings. The van der Waals surface area contributed by atoms with E-state index in [0.29, 0.717) is 0 Å². The SMILES string of the molecule is CCN(CC)CCSc1nnc2c3cc(C)cc(C)c3n(C)c2n1. The summed E-state index contributed by atoms with van der Waals surface area (Å²) in [4.78, 5) is 7.17. The molecule has 2 aromatic heterocycles. The van der Waals surface area contributed by atoms with E-state index in [9.17, 15) is 0 Å². The molecule has 0 aliphatic heterocycles. The molecule has 0 amide bonds. The molecule has 0 spiro atoms. The van der Waals surface area contributed by atoms with Crippen LogP contribution in [0.5, 0.6) is 0 Å². The van der Waals surface area contributed by atoms with Gasteiger partial charge in [0.25, 0.3) is 0 Å². The van der Waals surface area contributed by atoms with Gasteiger partial charge >= 0.3 is 0 Å². The Morgan fingerprint density at radius 1 is 1.12 bits per heavy atom. The van der Waals surface area contributed by atoms with E-state index in [2.05, 4.69) is 66.5 Å². The van der Waals surface area contributed by atoms with Crippen LogP contribution in [0.25, 0.3) is 22.1 Å². The molecule has 0 fully saturated rings. The van der Waals surface area contributed by atoms with Gasteiger partial charge in [-0.3, -0.25) is 0 Å². The Hall–Kier alpha value is -1.66. The van der Waals surface area contributed by atoms with Crippen molar-refractivity contribution in [3.05, 3.63) is 23.3 Å². The molecule has 1 aromatic carbocycles. The van der Waals surface area contributed by atoms with Crippen molar-refractivity contribution in [2.24, 2.45) is 7.05 Å². The third-order valence-corrected chi connectivity index (χ3v) is 5.35. The van der Waals surface area contributed by atoms with Gasteiger partial charge in [0, 0.05) is 24.7 Å². The van der Waals surface area contributed by atoms with Crippen molar-refractivity contribution >= 4 is 33.8 Å². The number of aromatic nitrogens is 4. The van der Waals surface area contributed by atoms with Crippen LogP contribution in [-0.2, 0) is 7.05 Å². The molecule has 0 bridgehead atoms.